The summed E-state index contributed by atoms with van der Waals surface area (Å²) < 4.78 is 0. The molecule has 1 unspecified atom stereocenters. The van der Waals surface area contributed by atoms with Gasteiger partial charge in [-0.2, -0.15) is 0 Å². The topological polar surface area (TPSA) is 32.5 Å². The van der Waals surface area contributed by atoms with E-state index in [1.165, 1.54) is 25.1 Å². The van der Waals surface area contributed by atoms with Crippen LogP contribution < -0.4 is 10.6 Å². The summed E-state index contributed by atoms with van der Waals surface area (Å²) in [6.07, 6.45) is 2.53. The highest BCUT2D eigenvalue weighted by Crippen LogP contribution is 2.23. The maximum Gasteiger partial charge on any atom is 0.104 e. The number of rotatable bonds is 3. The number of nitrogens with two attached hydrogens (primary N) is 1. The molecule has 0 bridgehead atoms. The molecule has 104 valence electrons. The zero-order valence-electron chi connectivity index (χ0n) is 12.0. The van der Waals surface area contributed by atoms with E-state index in [1.807, 2.05) is 6.07 Å². The summed E-state index contributed by atoms with van der Waals surface area (Å²) in [6.45, 7) is 4.41. The fourth-order valence-corrected chi connectivity index (χ4v) is 3.04. The first kappa shape index (κ1) is 14.3. The van der Waals surface area contributed by atoms with Crippen LogP contribution >= 0.6 is 12.2 Å². The van der Waals surface area contributed by atoms with Gasteiger partial charge >= 0.3 is 0 Å². The Morgan fingerprint density at radius 1 is 1.47 bits per heavy atom. The van der Waals surface area contributed by atoms with Gasteiger partial charge in [0.25, 0.3) is 0 Å². The Bertz CT molecular complexity index is 472. The van der Waals surface area contributed by atoms with Crippen molar-refractivity contribution < 1.29 is 0 Å². The van der Waals surface area contributed by atoms with Crippen LogP contribution in [0.25, 0.3) is 0 Å². The molecule has 1 aliphatic rings. The SMILES string of the molecule is Cc1cc(N(C)C2CCCN(C)C2)ccc1C(N)=S. The average Bonchev–Trinajstić information content (AvgIpc) is 2.37. The normalized spacial score (nSPS) is 20.3. The summed E-state index contributed by atoms with van der Waals surface area (Å²) in [5, 5.41) is 0. The molecule has 1 saturated heterocycles. The third-order valence-electron chi connectivity index (χ3n) is 4.03. The second-order valence-corrected chi connectivity index (χ2v) is 5.97. The predicted molar refractivity (Wildman–Crippen MR) is 86.0 cm³/mol. The molecule has 1 atom stereocenters. The van der Waals surface area contributed by atoms with Crippen LogP contribution in [0.3, 0.4) is 0 Å². The van der Waals surface area contributed by atoms with Crippen molar-refractivity contribution in [1.29, 1.82) is 0 Å². The number of likely N-dealkylation sites (tertiary alicyclic amines) is 1. The zero-order chi connectivity index (χ0) is 14.0. The van der Waals surface area contributed by atoms with Crippen LogP contribution in [0.1, 0.15) is 24.0 Å². The van der Waals surface area contributed by atoms with Gasteiger partial charge in [0.2, 0.25) is 0 Å². The summed E-state index contributed by atoms with van der Waals surface area (Å²) in [6, 6.07) is 6.93. The Morgan fingerprint density at radius 2 is 2.21 bits per heavy atom. The molecule has 1 aromatic rings. The molecule has 2 N–H and O–H groups in total. The van der Waals surface area contributed by atoms with E-state index in [4.69, 9.17) is 18.0 Å². The molecule has 3 nitrogen and oxygen atoms in total. The van der Waals surface area contributed by atoms with E-state index >= 15 is 0 Å². The van der Waals surface area contributed by atoms with Crippen LogP contribution in [0.15, 0.2) is 18.2 Å². The molecule has 1 aliphatic heterocycles. The summed E-state index contributed by atoms with van der Waals surface area (Å²) in [5.74, 6) is 0. The Kier molecular flexibility index (Phi) is 4.42. The lowest BCUT2D eigenvalue weighted by molar-refractivity contribution is 0.248. The first-order valence-electron chi connectivity index (χ1n) is 6.81. The lowest BCUT2D eigenvalue weighted by atomic mass is 10.0. The van der Waals surface area contributed by atoms with Gasteiger partial charge in [-0.25, -0.2) is 0 Å². The highest BCUT2D eigenvalue weighted by atomic mass is 32.1. The van der Waals surface area contributed by atoms with Crippen molar-refractivity contribution in [2.45, 2.75) is 25.8 Å². The fourth-order valence-electron chi connectivity index (χ4n) is 2.81. The summed E-state index contributed by atoms with van der Waals surface area (Å²) in [7, 11) is 4.38. The van der Waals surface area contributed by atoms with Crippen molar-refractivity contribution >= 4 is 22.9 Å². The average molecular weight is 277 g/mol. The van der Waals surface area contributed by atoms with Crippen molar-refractivity contribution in [2.24, 2.45) is 5.73 Å². The molecule has 0 saturated carbocycles. The largest absolute Gasteiger partial charge is 0.389 e. The van der Waals surface area contributed by atoms with Crippen LogP contribution in [-0.4, -0.2) is 43.1 Å². The number of aryl methyl sites for hydroxylation is 1. The minimum absolute atomic E-state index is 0.476. The van der Waals surface area contributed by atoms with Gasteiger partial charge in [0.1, 0.15) is 4.99 Å². The lowest BCUT2D eigenvalue weighted by Crippen LogP contribution is -2.45. The van der Waals surface area contributed by atoms with Crippen LogP contribution in [0, 0.1) is 6.92 Å². The quantitative estimate of drug-likeness (QED) is 0.858. The lowest BCUT2D eigenvalue weighted by Gasteiger charge is -2.37. The second kappa shape index (κ2) is 5.88. The maximum atomic E-state index is 5.71. The van der Waals surface area contributed by atoms with Gasteiger partial charge in [0, 0.05) is 30.9 Å². The van der Waals surface area contributed by atoms with Crippen LogP contribution in [0.4, 0.5) is 5.69 Å². The van der Waals surface area contributed by atoms with Crippen molar-refractivity contribution in [3.05, 3.63) is 29.3 Å². The Labute approximate surface area is 121 Å². The number of benzene rings is 1. The van der Waals surface area contributed by atoms with Gasteiger partial charge in [-0.1, -0.05) is 12.2 Å². The highest BCUT2D eigenvalue weighted by Gasteiger charge is 2.21. The molecule has 4 heteroatoms. The number of hydrogen-bond acceptors (Lipinski definition) is 3. The van der Waals surface area contributed by atoms with Gasteiger partial charge in [0.15, 0.2) is 0 Å². The second-order valence-electron chi connectivity index (χ2n) is 5.53. The van der Waals surface area contributed by atoms with Gasteiger partial charge in [0.05, 0.1) is 0 Å². The van der Waals surface area contributed by atoms with Gasteiger partial charge in [-0.05, 0) is 57.1 Å². The molecule has 19 heavy (non-hydrogen) atoms. The molecule has 0 aliphatic carbocycles. The molecular weight excluding hydrogens is 254 g/mol. The predicted octanol–water partition coefficient (Wildman–Crippen LogP) is 2.16. The Balaban J connectivity index is 2.17. The molecule has 0 aromatic heterocycles. The monoisotopic (exact) mass is 277 g/mol. The number of thiocarbonyl (C=S) groups is 1. The molecule has 0 amide bonds. The standard InChI is InChI=1S/C15H23N3S/c1-11-9-12(6-7-14(11)15(16)19)18(3)13-5-4-8-17(2)10-13/h6-7,9,13H,4-5,8,10H2,1-3H3,(H2,16,19). The molecule has 1 heterocycles. The highest BCUT2D eigenvalue weighted by molar-refractivity contribution is 7.80. The fraction of sp³-hybridized carbons (Fsp3) is 0.533. The van der Waals surface area contributed by atoms with E-state index < -0.39 is 0 Å². The van der Waals surface area contributed by atoms with E-state index in [9.17, 15) is 0 Å². The first-order valence-corrected chi connectivity index (χ1v) is 7.21. The smallest absolute Gasteiger partial charge is 0.104 e. The molecular formula is C15H23N3S. The number of piperidine rings is 1. The van der Waals surface area contributed by atoms with Gasteiger partial charge in [-0.3, -0.25) is 0 Å². The number of nitrogens with zero attached hydrogens (tertiary/aromatic N) is 2. The van der Waals surface area contributed by atoms with E-state index in [2.05, 4.69) is 43.0 Å². The number of anilines is 1. The van der Waals surface area contributed by atoms with Crippen molar-refractivity contribution in [1.82, 2.24) is 4.90 Å². The minimum atomic E-state index is 0.476. The van der Waals surface area contributed by atoms with E-state index in [1.54, 1.807) is 0 Å². The van der Waals surface area contributed by atoms with Crippen molar-refractivity contribution in [2.75, 3.05) is 32.1 Å². The Morgan fingerprint density at radius 3 is 2.79 bits per heavy atom. The summed E-state index contributed by atoms with van der Waals surface area (Å²) in [4.78, 5) is 5.26. The Hall–Kier alpha value is -1.13. The number of hydrogen-bond donors (Lipinski definition) is 1. The zero-order valence-corrected chi connectivity index (χ0v) is 12.8. The minimum Gasteiger partial charge on any atom is -0.389 e. The molecule has 0 spiro atoms. The third-order valence-corrected chi connectivity index (χ3v) is 4.25. The van der Waals surface area contributed by atoms with Crippen molar-refractivity contribution in [3.63, 3.8) is 0 Å². The van der Waals surface area contributed by atoms with Gasteiger partial charge < -0.3 is 15.5 Å². The summed E-state index contributed by atoms with van der Waals surface area (Å²) >= 11 is 5.06. The van der Waals surface area contributed by atoms with E-state index in [0.717, 1.165) is 17.7 Å². The third kappa shape index (κ3) is 3.25. The van der Waals surface area contributed by atoms with Crippen LogP contribution in [0.2, 0.25) is 0 Å². The maximum absolute atomic E-state index is 5.71. The first-order chi connectivity index (χ1) is 8.99. The van der Waals surface area contributed by atoms with Gasteiger partial charge in [-0.15, -0.1) is 0 Å². The molecule has 1 aromatic carbocycles. The van der Waals surface area contributed by atoms with Crippen molar-refractivity contribution in [3.8, 4) is 0 Å². The molecule has 0 radical (unpaired) electrons. The molecule has 2 rings (SSSR count). The van der Waals surface area contributed by atoms with Crippen LogP contribution in [-0.2, 0) is 0 Å². The number of likely N-dealkylation sites (N-methyl/N-ethyl adjacent to an activating group) is 2. The van der Waals surface area contributed by atoms with E-state index in [-0.39, 0.29) is 0 Å². The molecule has 1 fully saturated rings. The van der Waals surface area contributed by atoms with Crippen LogP contribution in [0.5, 0.6) is 0 Å². The van der Waals surface area contributed by atoms with E-state index in [0.29, 0.717) is 11.0 Å². The summed E-state index contributed by atoms with van der Waals surface area (Å²) in [5.41, 5.74) is 9.09.